The summed E-state index contributed by atoms with van der Waals surface area (Å²) < 4.78 is 12.2. The van der Waals surface area contributed by atoms with Crippen LogP contribution < -0.4 is 10.6 Å². The van der Waals surface area contributed by atoms with Gasteiger partial charge in [0.25, 0.3) is 7.37 Å². The van der Waals surface area contributed by atoms with Crippen molar-refractivity contribution in [2.24, 2.45) is 23.7 Å². The maximum atomic E-state index is 12.2. The van der Waals surface area contributed by atoms with Gasteiger partial charge < -0.3 is 20.2 Å². The molecule has 3 aromatic rings. The molecule has 0 aromatic heterocycles. The van der Waals surface area contributed by atoms with Crippen molar-refractivity contribution in [2.75, 3.05) is 13.2 Å². The van der Waals surface area contributed by atoms with Gasteiger partial charge in [0.2, 0.25) is 0 Å². The number of carboxylic acids is 1. The second-order valence-corrected chi connectivity index (χ2v) is 11.3. The van der Waals surface area contributed by atoms with E-state index in [-0.39, 0.29) is 25.0 Å². The highest BCUT2D eigenvalue weighted by Crippen LogP contribution is 2.37. The molecule has 36 heavy (non-hydrogen) atoms. The maximum absolute atomic E-state index is 12.2. The molecule has 0 radical (unpaired) electrons. The van der Waals surface area contributed by atoms with Crippen LogP contribution in [0.1, 0.15) is 38.1 Å². The van der Waals surface area contributed by atoms with E-state index in [2.05, 4.69) is 27.7 Å². The fourth-order valence-electron chi connectivity index (χ4n) is 3.67. The average molecular weight is 515 g/mol. The molecule has 0 aliphatic carbocycles. The van der Waals surface area contributed by atoms with Crippen LogP contribution in [-0.2, 0) is 4.57 Å². The molecule has 3 rings (SSSR count). The highest BCUT2D eigenvalue weighted by molar-refractivity contribution is 7.73. The van der Waals surface area contributed by atoms with Crippen molar-refractivity contribution in [3.63, 3.8) is 0 Å². The Hall–Kier alpha value is -2.76. The van der Waals surface area contributed by atoms with Crippen LogP contribution in [0.2, 0.25) is 0 Å². The van der Waals surface area contributed by atoms with Crippen LogP contribution in [0.3, 0.4) is 0 Å². The molecule has 0 fully saturated rings. The molecule has 6 nitrogen and oxygen atoms in total. The van der Waals surface area contributed by atoms with Gasteiger partial charge in [-0.2, -0.15) is 0 Å². The summed E-state index contributed by atoms with van der Waals surface area (Å²) in [5.41, 5.74) is 0.331. The summed E-state index contributed by atoms with van der Waals surface area (Å²) >= 11 is 0. The lowest BCUT2D eigenvalue weighted by Crippen LogP contribution is -2.30. The van der Waals surface area contributed by atoms with E-state index in [0.717, 1.165) is 0 Å². The number of aromatic carboxylic acids is 1. The summed E-state index contributed by atoms with van der Waals surface area (Å²) in [6.45, 7) is 8.72. The minimum absolute atomic E-state index is 0.182. The largest absolute Gasteiger partial charge is 0.478 e. The van der Waals surface area contributed by atoms with E-state index in [1.54, 1.807) is 78.9 Å². The van der Waals surface area contributed by atoms with Crippen LogP contribution in [0.5, 0.6) is 0 Å². The molecule has 0 spiro atoms. The second-order valence-electron chi connectivity index (χ2n) is 9.10. The number of rotatable bonds is 8. The first kappa shape index (κ1) is 31.3. The van der Waals surface area contributed by atoms with Crippen molar-refractivity contribution < 1.29 is 29.6 Å². The van der Waals surface area contributed by atoms with Crippen LogP contribution in [0.25, 0.3) is 0 Å². The number of hydrogen-bond acceptors (Lipinski definition) is 4. The molecule has 4 N–H and O–H groups in total. The van der Waals surface area contributed by atoms with Crippen LogP contribution in [0.4, 0.5) is 0 Å². The lowest BCUT2D eigenvalue weighted by atomic mass is 9.78. The lowest BCUT2D eigenvalue weighted by Gasteiger charge is -2.30. The van der Waals surface area contributed by atoms with E-state index < -0.39 is 13.3 Å². The Balaban J connectivity index is 0.000000280. The molecule has 0 heterocycles. The number of hydrogen-bond donors (Lipinski definition) is 4. The average Bonchev–Trinajstić information content (AvgIpc) is 2.89. The molecule has 0 saturated carbocycles. The predicted molar refractivity (Wildman–Crippen MR) is 146 cm³/mol. The Labute approximate surface area is 214 Å². The first-order valence-corrected chi connectivity index (χ1v) is 13.7. The third-order valence-corrected chi connectivity index (χ3v) is 7.91. The normalized spacial score (nSPS) is 12.6. The van der Waals surface area contributed by atoms with Crippen LogP contribution >= 0.6 is 7.37 Å². The van der Waals surface area contributed by atoms with Crippen molar-refractivity contribution in [3.8, 4) is 0 Å². The van der Waals surface area contributed by atoms with Crippen molar-refractivity contribution >= 4 is 23.9 Å². The SMILES string of the molecule is CC(C)C(CO)C(CO)C(C)C.O=C(O)c1ccccc1.O=P(O)(c1ccccc1)c1ccccc1. The molecular formula is C29H39O6P. The third kappa shape index (κ3) is 10.1. The van der Waals surface area contributed by atoms with E-state index >= 15 is 0 Å². The number of carbonyl (C=O) groups is 1. The number of carboxylic acid groups (broad SMARTS) is 1. The van der Waals surface area contributed by atoms with E-state index in [1.807, 2.05) is 12.1 Å². The van der Waals surface area contributed by atoms with Crippen LogP contribution in [-0.4, -0.2) is 39.4 Å². The Bertz CT molecular complexity index is 982. The summed E-state index contributed by atoms with van der Waals surface area (Å²) in [5.74, 6) is 0.463. The van der Waals surface area contributed by atoms with E-state index in [4.69, 9.17) is 15.3 Å². The molecule has 0 aliphatic heterocycles. The Morgan fingerprint density at radius 1 is 0.667 bits per heavy atom. The van der Waals surface area contributed by atoms with Gasteiger partial charge in [-0.05, 0) is 60.1 Å². The minimum atomic E-state index is -3.40. The number of aliphatic hydroxyl groups is 2. The smallest absolute Gasteiger partial charge is 0.335 e. The van der Waals surface area contributed by atoms with Gasteiger partial charge in [0, 0.05) is 23.8 Å². The van der Waals surface area contributed by atoms with Gasteiger partial charge in [0.05, 0.1) is 5.56 Å². The highest BCUT2D eigenvalue weighted by Gasteiger charge is 2.25. The maximum Gasteiger partial charge on any atom is 0.335 e. The third-order valence-electron chi connectivity index (χ3n) is 5.92. The summed E-state index contributed by atoms with van der Waals surface area (Å²) in [5, 5.41) is 27.6. The van der Waals surface area contributed by atoms with Crippen molar-refractivity contribution in [1.82, 2.24) is 0 Å². The summed E-state index contributed by atoms with van der Waals surface area (Å²) in [4.78, 5) is 20.2. The standard InChI is InChI=1S/C12H11O2P.C10H22O2.C7H6O2/c13-15(14,11-7-3-1-4-8-11)12-9-5-2-6-10-12;1-7(2)9(5-11)10(6-12)8(3)4;8-7(9)6-4-2-1-3-5-6/h1-10H,(H,13,14);7-12H,5-6H2,1-4H3;1-5H,(H,8,9). The van der Waals surface area contributed by atoms with Gasteiger partial charge in [-0.15, -0.1) is 0 Å². The Morgan fingerprint density at radius 2 is 0.972 bits per heavy atom. The van der Waals surface area contributed by atoms with Crippen LogP contribution in [0, 0.1) is 23.7 Å². The first-order valence-electron chi connectivity index (χ1n) is 12.0. The molecule has 0 aliphatic rings. The van der Waals surface area contributed by atoms with Gasteiger partial charge in [0.15, 0.2) is 0 Å². The highest BCUT2D eigenvalue weighted by atomic mass is 31.2. The van der Waals surface area contributed by atoms with Gasteiger partial charge in [0.1, 0.15) is 0 Å². The topological polar surface area (TPSA) is 115 Å². The van der Waals surface area contributed by atoms with Gasteiger partial charge in [-0.3, -0.25) is 4.57 Å². The predicted octanol–water partition coefficient (Wildman–Crippen LogP) is 4.81. The molecule has 2 atom stereocenters. The molecule has 0 bridgehead atoms. The monoisotopic (exact) mass is 514 g/mol. The Morgan fingerprint density at radius 3 is 1.19 bits per heavy atom. The second kappa shape index (κ2) is 16.1. The van der Waals surface area contributed by atoms with E-state index in [0.29, 0.717) is 28.0 Å². The zero-order valence-electron chi connectivity index (χ0n) is 21.4. The van der Waals surface area contributed by atoms with Crippen molar-refractivity contribution in [3.05, 3.63) is 96.6 Å². The molecule has 196 valence electrons. The number of aliphatic hydroxyl groups excluding tert-OH is 2. The zero-order chi connectivity index (χ0) is 27.1. The molecule has 2 unspecified atom stereocenters. The quantitative estimate of drug-likeness (QED) is 0.321. The zero-order valence-corrected chi connectivity index (χ0v) is 22.3. The van der Waals surface area contributed by atoms with Crippen molar-refractivity contribution in [2.45, 2.75) is 27.7 Å². The number of benzene rings is 3. The summed E-state index contributed by atoms with van der Waals surface area (Å²) in [6.07, 6.45) is 0. The van der Waals surface area contributed by atoms with Gasteiger partial charge >= 0.3 is 5.97 Å². The first-order chi connectivity index (χ1) is 17.1. The molecule has 0 saturated heterocycles. The van der Waals surface area contributed by atoms with Gasteiger partial charge in [-0.25, -0.2) is 4.79 Å². The minimum Gasteiger partial charge on any atom is -0.478 e. The van der Waals surface area contributed by atoms with Gasteiger partial charge in [-0.1, -0.05) is 82.3 Å². The van der Waals surface area contributed by atoms with E-state index in [9.17, 15) is 14.3 Å². The fraction of sp³-hybridized carbons (Fsp3) is 0.345. The van der Waals surface area contributed by atoms with Crippen LogP contribution in [0.15, 0.2) is 91.0 Å². The molecule has 3 aromatic carbocycles. The van der Waals surface area contributed by atoms with E-state index in [1.165, 1.54) is 0 Å². The van der Waals surface area contributed by atoms with Crippen molar-refractivity contribution in [1.29, 1.82) is 0 Å². The molecule has 7 heteroatoms. The fourth-order valence-corrected chi connectivity index (χ4v) is 5.12. The molecule has 0 amide bonds. The lowest BCUT2D eigenvalue weighted by molar-refractivity contribution is 0.0633. The molecular weight excluding hydrogens is 475 g/mol. The summed E-state index contributed by atoms with van der Waals surface area (Å²) in [7, 11) is -3.40. The summed E-state index contributed by atoms with van der Waals surface area (Å²) in [6, 6.07) is 25.7. The Kier molecular flexibility index (Phi) is 14.0.